The van der Waals surface area contributed by atoms with E-state index < -0.39 is 8.07 Å². The quantitative estimate of drug-likeness (QED) is 0.564. The lowest BCUT2D eigenvalue weighted by Crippen LogP contribution is -2.37. The molecular formula is C10H20Si. The van der Waals surface area contributed by atoms with Crippen LogP contribution in [0.3, 0.4) is 0 Å². The zero-order chi connectivity index (χ0) is 9.23. The van der Waals surface area contributed by atoms with Gasteiger partial charge >= 0.3 is 0 Å². The highest BCUT2D eigenvalue weighted by molar-refractivity contribution is 6.92. The van der Waals surface area contributed by atoms with Crippen LogP contribution in [0.2, 0.25) is 12.1 Å². The van der Waals surface area contributed by atoms with Crippen LogP contribution in [0.1, 0.15) is 27.7 Å². The summed E-state index contributed by atoms with van der Waals surface area (Å²) in [5, 5.41) is 2.69. The zero-order valence-electron chi connectivity index (χ0n) is 8.49. The standard InChI is InChI=1S/C10H20Si/c1-8(2)11(7,9(3)4)10(5)6/h10H,1,3H2,2,4-7H3. The van der Waals surface area contributed by atoms with E-state index in [-0.39, 0.29) is 0 Å². The predicted molar refractivity (Wildman–Crippen MR) is 56.3 cm³/mol. The third kappa shape index (κ3) is 1.83. The van der Waals surface area contributed by atoms with E-state index in [1.165, 1.54) is 10.4 Å². The summed E-state index contributed by atoms with van der Waals surface area (Å²) in [6, 6.07) is 0. The summed E-state index contributed by atoms with van der Waals surface area (Å²) in [5.41, 5.74) is 0.720. The molecule has 0 spiro atoms. The van der Waals surface area contributed by atoms with Crippen molar-refractivity contribution in [2.45, 2.75) is 39.8 Å². The van der Waals surface area contributed by atoms with Crippen LogP contribution in [-0.2, 0) is 0 Å². The van der Waals surface area contributed by atoms with Crippen molar-refractivity contribution in [2.75, 3.05) is 0 Å². The van der Waals surface area contributed by atoms with Crippen molar-refractivity contribution in [1.29, 1.82) is 0 Å². The first-order chi connectivity index (χ1) is 4.83. The largest absolute Gasteiger partial charge is 0.106 e. The van der Waals surface area contributed by atoms with Gasteiger partial charge in [-0.15, -0.1) is 13.2 Å². The fourth-order valence-electron chi connectivity index (χ4n) is 1.35. The summed E-state index contributed by atoms with van der Waals surface area (Å²) in [6.07, 6.45) is 0. The molecule has 0 unspecified atom stereocenters. The molecule has 1 heteroatoms. The van der Waals surface area contributed by atoms with Crippen LogP contribution >= 0.6 is 0 Å². The average Bonchev–Trinajstić information content (AvgIpc) is 1.84. The Hall–Kier alpha value is -0.303. The van der Waals surface area contributed by atoms with Crippen molar-refractivity contribution in [3.63, 3.8) is 0 Å². The maximum absolute atomic E-state index is 4.07. The van der Waals surface area contributed by atoms with Gasteiger partial charge < -0.3 is 0 Å². The van der Waals surface area contributed by atoms with E-state index in [2.05, 4.69) is 47.4 Å². The highest BCUT2D eigenvalue weighted by Gasteiger charge is 2.32. The van der Waals surface area contributed by atoms with Gasteiger partial charge in [-0.2, -0.15) is 0 Å². The molecule has 0 radical (unpaired) electrons. The third-order valence-electron chi connectivity index (χ3n) is 2.93. The molecule has 0 aliphatic heterocycles. The summed E-state index contributed by atoms with van der Waals surface area (Å²) < 4.78 is 0. The van der Waals surface area contributed by atoms with Crippen molar-refractivity contribution < 1.29 is 0 Å². The average molecular weight is 168 g/mol. The first-order valence-electron chi connectivity index (χ1n) is 4.15. The molecule has 0 fully saturated rings. The molecule has 0 aliphatic rings. The number of hydrogen-bond donors (Lipinski definition) is 0. The summed E-state index contributed by atoms with van der Waals surface area (Å²) >= 11 is 0. The SMILES string of the molecule is C=C(C)[Si](C)(C(=C)C)C(C)C. The van der Waals surface area contributed by atoms with Crippen molar-refractivity contribution in [3.8, 4) is 0 Å². The van der Waals surface area contributed by atoms with E-state index >= 15 is 0 Å². The van der Waals surface area contributed by atoms with Gasteiger partial charge in [0.15, 0.2) is 0 Å². The van der Waals surface area contributed by atoms with Gasteiger partial charge in [-0.3, -0.25) is 0 Å². The Morgan fingerprint density at radius 1 is 1.09 bits per heavy atom. The van der Waals surface area contributed by atoms with Gasteiger partial charge in [0.05, 0.1) is 0 Å². The van der Waals surface area contributed by atoms with Crippen LogP contribution in [0, 0.1) is 0 Å². The van der Waals surface area contributed by atoms with Gasteiger partial charge in [0, 0.05) is 0 Å². The fraction of sp³-hybridized carbons (Fsp3) is 0.600. The Labute approximate surface area is 72.0 Å². The van der Waals surface area contributed by atoms with Crippen LogP contribution in [0.5, 0.6) is 0 Å². The molecule has 0 aromatic heterocycles. The monoisotopic (exact) mass is 168 g/mol. The topological polar surface area (TPSA) is 0 Å². The maximum atomic E-state index is 4.07. The Kier molecular flexibility index (Phi) is 3.30. The van der Waals surface area contributed by atoms with Gasteiger partial charge in [0.2, 0.25) is 0 Å². The molecule has 0 saturated heterocycles. The van der Waals surface area contributed by atoms with Crippen LogP contribution in [0.25, 0.3) is 0 Å². The molecule has 64 valence electrons. The number of allylic oxidation sites excluding steroid dienone is 2. The smallest absolute Gasteiger partial charge is 0.104 e. The molecule has 0 aliphatic carbocycles. The Morgan fingerprint density at radius 3 is 1.36 bits per heavy atom. The van der Waals surface area contributed by atoms with Gasteiger partial charge in [0.25, 0.3) is 0 Å². The van der Waals surface area contributed by atoms with Crippen molar-refractivity contribution in [1.82, 2.24) is 0 Å². The highest BCUT2D eigenvalue weighted by atomic mass is 28.3. The molecular weight excluding hydrogens is 148 g/mol. The fourth-order valence-corrected chi connectivity index (χ4v) is 4.05. The van der Waals surface area contributed by atoms with Crippen molar-refractivity contribution >= 4 is 8.07 Å². The Balaban J connectivity index is 4.82. The number of rotatable bonds is 3. The second kappa shape index (κ2) is 3.40. The van der Waals surface area contributed by atoms with Gasteiger partial charge in [-0.25, -0.2) is 0 Å². The Morgan fingerprint density at radius 2 is 1.36 bits per heavy atom. The van der Waals surface area contributed by atoms with E-state index in [1.807, 2.05) is 0 Å². The van der Waals surface area contributed by atoms with Crippen molar-refractivity contribution in [2.24, 2.45) is 0 Å². The molecule has 0 bridgehead atoms. The van der Waals surface area contributed by atoms with Crippen LogP contribution < -0.4 is 0 Å². The minimum atomic E-state index is -1.37. The van der Waals surface area contributed by atoms with E-state index in [0.29, 0.717) is 0 Å². The molecule has 11 heavy (non-hydrogen) atoms. The second-order valence-electron chi connectivity index (χ2n) is 3.92. The molecule has 0 heterocycles. The lowest BCUT2D eigenvalue weighted by molar-refractivity contribution is 1.01. The minimum Gasteiger partial charge on any atom is -0.104 e. The summed E-state index contributed by atoms with van der Waals surface area (Å²) in [6.45, 7) is 19.3. The number of hydrogen-bond acceptors (Lipinski definition) is 0. The molecule has 0 amide bonds. The summed E-state index contributed by atoms with van der Waals surface area (Å²) in [4.78, 5) is 0. The molecule has 0 rings (SSSR count). The minimum absolute atomic E-state index is 0.720. The summed E-state index contributed by atoms with van der Waals surface area (Å²) in [5.74, 6) is 0. The van der Waals surface area contributed by atoms with E-state index in [1.54, 1.807) is 0 Å². The molecule has 0 saturated carbocycles. The molecule has 0 aromatic carbocycles. The van der Waals surface area contributed by atoms with Crippen LogP contribution in [0.15, 0.2) is 23.6 Å². The lowest BCUT2D eigenvalue weighted by Gasteiger charge is -2.32. The van der Waals surface area contributed by atoms with Gasteiger partial charge in [-0.1, -0.05) is 30.8 Å². The second-order valence-corrected chi connectivity index (χ2v) is 9.18. The maximum Gasteiger partial charge on any atom is 0.106 e. The lowest BCUT2D eigenvalue weighted by atomic mass is 10.6. The van der Waals surface area contributed by atoms with Crippen LogP contribution in [0.4, 0.5) is 0 Å². The van der Waals surface area contributed by atoms with Crippen LogP contribution in [-0.4, -0.2) is 8.07 Å². The van der Waals surface area contributed by atoms with Gasteiger partial charge in [-0.05, 0) is 19.4 Å². The molecule has 0 aromatic rings. The van der Waals surface area contributed by atoms with Crippen molar-refractivity contribution in [3.05, 3.63) is 23.6 Å². The molecule has 0 atom stereocenters. The first kappa shape index (κ1) is 10.7. The van der Waals surface area contributed by atoms with E-state index in [9.17, 15) is 0 Å². The van der Waals surface area contributed by atoms with E-state index in [0.717, 1.165) is 5.54 Å². The predicted octanol–water partition coefficient (Wildman–Crippen LogP) is 3.71. The molecule has 0 nitrogen and oxygen atoms in total. The normalized spacial score (nSPS) is 11.8. The zero-order valence-corrected chi connectivity index (χ0v) is 9.49. The first-order valence-corrected chi connectivity index (χ1v) is 6.73. The highest BCUT2D eigenvalue weighted by Crippen LogP contribution is 2.32. The third-order valence-corrected chi connectivity index (χ3v) is 8.78. The van der Waals surface area contributed by atoms with E-state index in [4.69, 9.17) is 0 Å². The summed E-state index contributed by atoms with van der Waals surface area (Å²) in [7, 11) is -1.37. The van der Waals surface area contributed by atoms with Gasteiger partial charge in [0.1, 0.15) is 8.07 Å². The Bertz CT molecular complexity index is 163. The molecule has 0 N–H and O–H groups in total.